The molecule has 0 fully saturated rings. The van der Waals surface area contributed by atoms with Crippen molar-refractivity contribution < 1.29 is 18.7 Å². The summed E-state index contributed by atoms with van der Waals surface area (Å²) < 4.78 is 15.7. The fourth-order valence-electron chi connectivity index (χ4n) is 1.50. The predicted octanol–water partition coefficient (Wildman–Crippen LogP) is 0.915. The van der Waals surface area contributed by atoms with E-state index in [2.05, 4.69) is 10.9 Å². The minimum Gasteiger partial charge on any atom is -0.467 e. The third-order valence-corrected chi connectivity index (χ3v) is 2.28. The number of ether oxygens (including phenoxy) is 2. The number of methoxy groups -OCH3 is 1. The van der Waals surface area contributed by atoms with E-state index in [1.165, 1.54) is 7.11 Å². The van der Waals surface area contributed by atoms with E-state index >= 15 is 0 Å². The van der Waals surface area contributed by atoms with Crippen molar-refractivity contribution in [2.24, 2.45) is 5.84 Å². The molecule has 1 aromatic heterocycles. The maximum atomic E-state index is 10.9. The molecule has 19 heavy (non-hydrogen) atoms. The van der Waals surface area contributed by atoms with Crippen LogP contribution in [-0.4, -0.2) is 19.9 Å². The molecule has 1 heterocycles. The number of nitrogens with one attached hydrogen (secondary N) is 3. The number of carbonyl (C=O) groups is 1. The Bertz CT molecular complexity index is 569. The highest BCUT2D eigenvalue weighted by atomic mass is 16.7. The second-order valence-corrected chi connectivity index (χ2v) is 3.55. The lowest BCUT2D eigenvalue weighted by molar-refractivity contribution is 0.0522. The molecule has 0 aliphatic carbocycles. The van der Waals surface area contributed by atoms with Crippen molar-refractivity contribution in [2.45, 2.75) is 0 Å². The highest BCUT2D eigenvalue weighted by Gasteiger charge is 2.09. The van der Waals surface area contributed by atoms with Gasteiger partial charge in [-0.3, -0.25) is 10.9 Å². The number of anilines is 1. The highest BCUT2D eigenvalue weighted by molar-refractivity contribution is 5.87. The zero-order valence-electron chi connectivity index (χ0n) is 10.2. The first-order valence-electron chi connectivity index (χ1n) is 5.41. The van der Waals surface area contributed by atoms with Crippen LogP contribution in [0.15, 0.2) is 28.7 Å². The van der Waals surface area contributed by atoms with Crippen molar-refractivity contribution in [1.82, 2.24) is 10.9 Å². The number of fused-ring (bicyclic) bond motifs is 1. The van der Waals surface area contributed by atoms with Gasteiger partial charge in [-0.25, -0.2) is 16.1 Å². The number of hydrazine groups is 2. The smallest absolute Gasteiger partial charge is 0.347 e. The summed E-state index contributed by atoms with van der Waals surface area (Å²) >= 11 is 0. The summed E-state index contributed by atoms with van der Waals surface area (Å²) in [7, 11) is 1.54. The molecule has 0 saturated carbocycles. The lowest BCUT2D eigenvalue weighted by atomic mass is 10.2. The van der Waals surface area contributed by atoms with Crippen LogP contribution in [0.2, 0.25) is 0 Å². The molecule has 0 bridgehead atoms. The van der Waals surface area contributed by atoms with E-state index in [0.717, 1.165) is 5.39 Å². The average Bonchev–Trinajstić information content (AvgIpc) is 2.85. The summed E-state index contributed by atoms with van der Waals surface area (Å²) in [6, 6.07) is 6.47. The van der Waals surface area contributed by atoms with E-state index in [1.54, 1.807) is 24.3 Å². The van der Waals surface area contributed by atoms with Crippen LogP contribution >= 0.6 is 0 Å². The van der Waals surface area contributed by atoms with E-state index in [4.69, 9.17) is 19.7 Å². The number of hydrogen-bond acceptors (Lipinski definition) is 6. The largest absolute Gasteiger partial charge is 0.467 e. The summed E-state index contributed by atoms with van der Waals surface area (Å²) in [6.45, 7) is 0.140. The number of rotatable bonds is 5. The zero-order chi connectivity index (χ0) is 13.7. The molecule has 102 valence electrons. The van der Waals surface area contributed by atoms with Crippen LogP contribution in [0.25, 0.3) is 11.0 Å². The Morgan fingerprint density at radius 1 is 1.47 bits per heavy atom. The predicted molar refractivity (Wildman–Crippen MR) is 68.2 cm³/mol. The highest BCUT2D eigenvalue weighted by Crippen LogP contribution is 2.30. The molecule has 8 heteroatoms. The van der Waals surface area contributed by atoms with Crippen LogP contribution in [0, 0.1) is 0 Å². The number of carbonyl (C=O) groups excluding carboxylic acids is 1. The van der Waals surface area contributed by atoms with Crippen LogP contribution in [0.5, 0.6) is 5.75 Å². The van der Waals surface area contributed by atoms with Crippen LogP contribution in [0.1, 0.15) is 0 Å². The molecule has 0 aliphatic rings. The lowest BCUT2D eigenvalue weighted by Gasteiger charge is -2.04. The van der Waals surface area contributed by atoms with E-state index in [1.807, 2.05) is 5.43 Å². The SMILES string of the molecule is COCOc1cccc2oc(NNC(=O)NN)cc12. The van der Waals surface area contributed by atoms with Gasteiger partial charge in [0, 0.05) is 13.2 Å². The molecule has 0 saturated heterocycles. The van der Waals surface area contributed by atoms with Crippen molar-refractivity contribution >= 4 is 22.9 Å². The molecule has 1 aromatic carbocycles. The molecule has 8 nitrogen and oxygen atoms in total. The minimum absolute atomic E-state index is 0.140. The second kappa shape index (κ2) is 5.94. The maximum Gasteiger partial charge on any atom is 0.347 e. The van der Waals surface area contributed by atoms with Gasteiger partial charge in [0.2, 0.25) is 5.88 Å². The van der Waals surface area contributed by atoms with Crippen LogP contribution in [0.4, 0.5) is 10.7 Å². The molecule has 0 spiro atoms. The zero-order valence-corrected chi connectivity index (χ0v) is 10.2. The maximum absolute atomic E-state index is 10.9. The Kier molecular flexibility index (Phi) is 4.06. The van der Waals surface area contributed by atoms with E-state index in [0.29, 0.717) is 17.2 Å². The standard InChI is InChI=1S/C11H14N4O4/c1-17-6-18-8-3-2-4-9-7(8)5-10(19-9)14-15-11(16)13-12/h2-5,14H,6,12H2,1H3,(H2,13,15,16). The number of nitrogens with two attached hydrogens (primary N) is 1. The Balaban J connectivity index is 2.17. The van der Waals surface area contributed by atoms with Gasteiger partial charge in [-0.1, -0.05) is 6.07 Å². The molecule has 0 atom stereocenters. The molecule has 2 amide bonds. The van der Waals surface area contributed by atoms with Gasteiger partial charge in [0.05, 0.1) is 5.39 Å². The van der Waals surface area contributed by atoms with Gasteiger partial charge in [0.25, 0.3) is 0 Å². The lowest BCUT2D eigenvalue weighted by Crippen LogP contribution is -2.42. The Morgan fingerprint density at radius 3 is 3.05 bits per heavy atom. The first-order valence-corrected chi connectivity index (χ1v) is 5.41. The molecular weight excluding hydrogens is 252 g/mol. The molecular formula is C11H14N4O4. The third-order valence-electron chi connectivity index (χ3n) is 2.28. The fraction of sp³-hybridized carbons (Fsp3) is 0.182. The van der Waals surface area contributed by atoms with E-state index in [-0.39, 0.29) is 6.79 Å². The van der Waals surface area contributed by atoms with Crippen molar-refractivity contribution in [3.05, 3.63) is 24.3 Å². The molecule has 0 radical (unpaired) electrons. The normalized spacial score (nSPS) is 10.2. The van der Waals surface area contributed by atoms with Crippen molar-refractivity contribution in [1.29, 1.82) is 0 Å². The molecule has 2 rings (SSSR count). The first-order chi connectivity index (χ1) is 9.24. The quantitative estimate of drug-likeness (QED) is 0.277. The van der Waals surface area contributed by atoms with Gasteiger partial charge >= 0.3 is 6.03 Å². The third kappa shape index (κ3) is 3.06. The summed E-state index contributed by atoms with van der Waals surface area (Å²) in [5.74, 6) is 5.90. The topological polar surface area (TPSA) is 111 Å². The fourth-order valence-corrected chi connectivity index (χ4v) is 1.50. The van der Waals surface area contributed by atoms with Gasteiger partial charge in [0.1, 0.15) is 11.3 Å². The molecule has 0 aliphatic heterocycles. The molecule has 2 aromatic rings. The van der Waals surface area contributed by atoms with Crippen molar-refractivity contribution in [2.75, 3.05) is 19.3 Å². The van der Waals surface area contributed by atoms with Crippen LogP contribution in [-0.2, 0) is 4.74 Å². The van der Waals surface area contributed by atoms with Crippen LogP contribution in [0.3, 0.4) is 0 Å². The van der Waals surface area contributed by atoms with E-state index < -0.39 is 6.03 Å². The summed E-state index contributed by atoms with van der Waals surface area (Å²) in [5, 5.41) is 0.761. The molecule has 0 unspecified atom stereocenters. The average molecular weight is 266 g/mol. The Labute approximate surface area is 108 Å². The summed E-state index contributed by atoms with van der Waals surface area (Å²) in [5.41, 5.74) is 7.39. The van der Waals surface area contributed by atoms with Gasteiger partial charge in [-0.05, 0) is 12.1 Å². The van der Waals surface area contributed by atoms with Gasteiger partial charge in [-0.2, -0.15) is 0 Å². The number of benzene rings is 1. The van der Waals surface area contributed by atoms with E-state index in [9.17, 15) is 4.79 Å². The minimum atomic E-state index is -0.587. The first kappa shape index (κ1) is 13.0. The van der Waals surface area contributed by atoms with Gasteiger partial charge in [-0.15, -0.1) is 0 Å². The van der Waals surface area contributed by atoms with Crippen molar-refractivity contribution in [3.8, 4) is 5.75 Å². The summed E-state index contributed by atoms with van der Waals surface area (Å²) in [6.07, 6.45) is 0. The van der Waals surface area contributed by atoms with Crippen molar-refractivity contribution in [3.63, 3.8) is 0 Å². The Hall–Kier alpha value is -2.45. The monoisotopic (exact) mass is 266 g/mol. The number of furan rings is 1. The number of amides is 2. The number of urea groups is 1. The van der Waals surface area contributed by atoms with Gasteiger partial charge < -0.3 is 13.9 Å². The molecule has 5 N–H and O–H groups in total. The Morgan fingerprint density at radius 2 is 2.32 bits per heavy atom. The summed E-state index contributed by atoms with van der Waals surface area (Å²) in [4.78, 5) is 10.9. The number of hydrogen-bond donors (Lipinski definition) is 4. The van der Waals surface area contributed by atoms with Gasteiger partial charge in [0.15, 0.2) is 6.79 Å². The van der Waals surface area contributed by atoms with Crippen LogP contribution < -0.4 is 26.9 Å². The second-order valence-electron chi connectivity index (χ2n) is 3.55.